The number of nitrogens with zero attached hydrogens (tertiary/aromatic N) is 3. The number of H-pyrrole nitrogens is 1. The molecule has 0 atom stereocenters. The number of anilines is 1. The zero-order valence-corrected chi connectivity index (χ0v) is 20.1. The van der Waals surface area contributed by atoms with Gasteiger partial charge in [0.05, 0.1) is 22.4 Å². The molecule has 33 heavy (non-hydrogen) atoms. The molecule has 2 heterocycles. The predicted octanol–water partition coefficient (Wildman–Crippen LogP) is 3.85. The van der Waals surface area contributed by atoms with Crippen LogP contribution in [0.5, 0.6) is 0 Å². The Morgan fingerprint density at radius 1 is 1.18 bits per heavy atom. The Morgan fingerprint density at radius 2 is 1.94 bits per heavy atom. The minimum Gasteiger partial charge on any atom is -0.352 e. The van der Waals surface area contributed by atoms with Crippen molar-refractivity contribution in [2.24, 2.45) is 0 Å². The lowest BCUT2D eigenvalue weighted by molar-refractivity contribution is -0.113. The molecule has 0 unspecified atom stereocenters. The van der Waals surface area contributed by atoms with Crippen LogP contribution in [0, 0.1) is 19.7 Å². The zero-order valence-electron chi connectivity index (χ0n) is 18.4. The van der Waals surface area contributed by atoms with E-state index in [2.05, 4.69) is 20.5 Å². The summed E-state index contributed by atoms with van der Waals surface area (Å²) >= 11 is 1.18. The van der Waals surface area contributed by atoms with Crippen molar-refractivity contribution in [1.29, 1.82) is 0 Å². The lowest BCUT2D eigenvalue weighted by atomic mass is 10.1. The summed E-state index contributed by atoms with van der Waals surface area (Å²) in [6, 6.07) is 7.49. The fraction of sp³-hybridized carbons (Fsp3) is 0.227. The fourth-order valence-corrected chi connectivity index (χ4v) is 5.18. The van der Waals surface area contributed by atoms with Gasteiger partial charge in [0, 0.05) is 36.1 Å². The van der Waals surface area contributed by atoms with Gasteiger partial charge in [0.2, 0.25) is 15.9 Å². The van der Waals surface area contributed by atoms with Gasteiger partial charge in [-0.05, 0) is 55.3 Å². The minimum atomic E-state index is -3.64. The van der Waals surface area contributed by atoms with Gasteiger partial charge in [0.25, 0.3) is 0 Å². The van der Waals surface area contributed by atoms with Crippen LogP contribution in [0.2, 0.25) is 0 Å². The number of benzene rings is 2. The van der Waals surface area contributed by atoms with E-state index in [1.165, 1.54) is 44.1 Å². The average Bonchev–Trinajstić information content (AvgIpc) is 3.13. The number of halogens is 1. The minimum absolute atomic E-state index is 0.0284. The van der Waals surface area contributed by atoms with E-state index in [0.717, 1.165) is 26.3 Å². The second-order valence-corrected chi connectivity index (χ2v) is 10.9. The highest BCUT2D eigenvalue weighted by Crippen LogP contribution is 2.31. The molecule has 0 saturated carbocycles. The fourth-order valence-electron chi connectivity index (χ4n) is 3.41. The van der Waals surface area contributed by atoms with Crippen LogP contribution < -0.4 is 5.32 Å². The second kappa shape index (κ2) is 8.73. The molecule has 0 saturated heterocycles. The van der Waals surface area contributed by atoms with Gasteiger partial charge in [-0.25, -0.2) is 17.1 Å². The predicted molar refractivity (Wildman–Crippen MR) is 127 cm³/mol. The first-order chi connectivity index (χ1) is 15.6. The topological polar surface area (TPSA) is 108 Å². The summed E-state index contributed by atoms with van der Waals surface area (Å²) in [5.74, 6) is -0.637. The molecule has 4 aromatic rings. The van der Waals surface area contributed by atoms with Crippen LogP contribution in [-0.2, 0) is 14.8 Å². The second-order valence-electron chi connectivity index (χ2n) is 7.79. The number of nitrogens with one attached hydrogen (secondary N) is 2. The molecule has 1 amide bonds. The van der Waals surface area contributed by atoms with Crippen molar-refractivity contribution >= 4 is 55.2 Å². The van der Waals surface area contributed by atoms with E-state index in [0.29, 0.717) is 21.6 Å². The van der Waals surface area contributed by atoms with Crippen LogP contribution in [0.25, 0.3) is 21.8 Å². The molecule has 0 bridgehead atoms. The summed E-state index contributed by atoms with van der Waals surface area (Å²) in [7, 11) is -0.727. The summed E-state index contributed by atoms with van der Waals surface area (Å²) in [5, 5.41) is 12.8. The van der Waals surface area contributed by atoms with Crippen LogP contribution in [0.3, 0.4) is 0 Å². The standard InChI is InChI=1S/C22H22FN5O3S2/c1-12-7-15(33(30,31)28(3)4)9-19(13(12)2)25-20(29)11-32-22-21-17(10-24-27-22)16-8-14(23)5-6-18(16)26-21/h5-10,26H,11H2,1-4H3,(H,25,29). The van der Waals surface area contributed by atoms with E-state index < -0.39 is 10.0 Å². The van der Waals surface area contributed by atoms with Gasteiger partial charge < -0.3 is 10.3 Å². The third kappa shape index (κ3) is 4.43. The molecular weight excluding hydrogens is 465 g/mol. The number of carbonyl (C=O) groups excluding carboxylic acids is 1. The first kappa shape index (κ1) is 23.1. The highest BCUT2D eigenvalue weighted by atomic mass is 32.2. The number of carbonyl (C=O) groups is 1. The Hall–Kier alpha value is -3.02. The number of fused-ring (bicyclic) bond motifs is 3. The number of hydrogen-bond acceptors (Lipinski definition) is 6. The molecular formula is C22H22FN5O3S2. The van der Waals surface area contributed by atoms with Crippen LogP contribution in [0.4, 0.5) is 10.1 Å². The summed E-state index contributed by atoms with van der Waals surface area (Å²) < 4.78 is 39.9. The van der Waals surface area contributed by atoms with Gasteiger partial charge in [-0.1, -0.05) is 11.8 Å². The molecule has 8 nitrogen and oxygen atoms in total. The van der Waals surface area contributed by atoms with Crippen molar-refractivity contribution in [1.82, 2.24) is 19.5 Å². The van der Waals surface area contributed by atoms with Crippen LogP contribution >= 0.6 is 11.8 Å². The van der Waals surface area contributed by atoms with E-state index in [4.69, 9.17) is 0 Å². The van der Waals surface area contributed by atoms with E-state index in [1.807, 2.05) is 6.92 Å². The van der Waals surface area contributed by atoms with Gasteiger partial charge in [0.15, 0.2) is 0 Å². The maximum Gasteiger partial charge on any atom is 0.242 e. The van der Waals surface area contributed by atoms with Crippen LogP contribution in [-0.4, -0.2) is 53.7 Å². The Morgan fingerprint density at radius 3 is 2.67 bits per heavy atom. The van der Waals surface area contributed by atoms with Crippen molar-refractivity contribution in [2.75, 3.05) is 25.2 Å². The molecule has 2 aromatic carbocycles. The smallest absolute Gasteiger partial charge is 0.242 e. The Balaban J connectivity index is 1.57. The number of aromatic amines is 1. The molecule has 0 aliphatic rings. The van der Waals surface area contributed by atoms with Crippen molar-refractivity contribution in [3.63, 3.8) is 0 Å². The van der Waals surface area contributed by atoms with Gasteiger partial charge in [-0.2, -0.15) is 5.10 Å². The lowest BCUT2D eigenvalue weighted by Gasteiger charge is -2.16. The third-order valence-corrected chi connectivity index (χ3v) is 8.14. The molecule has 0 aliphatic carbocycles. The zero-order chi connectivity index (χ0) is 23.9. The van der Waals surface area contributed by atoms with E-state index in [-0.39, 0.29) is 22.4 Å². The number of rotatable bonds is 6. The molecule has 0 spiro atoms. The maximum atomic E-state index is 13.7. The monoisotopic (exact) mass is 487 g/mol. The molecule has 2 N–H and O–H groups in total. The summed E-state index contributed by atoms with van der Waals surface area (Å²) in [4.78, 5) is 16.0. The third-order valence-electron chi connectivity index (χ3n) is 5.38. The summed E-state index contributed by atoms with van der Waals surface area (Å²) in [6.07, 6.45) is 1.56. The first-order valence-corrected chi connectivity index (χ1v) is 12.4. The Labute approximate surface area is 194 Å². The molecule has 2 aromatic heterocycles. The van der Waals surface area contributed by atoms with E-state index in [9.17, 15) is 17.6 Å². The van der Waals surface area contributed by atoms with Gasteiger partial charge in [-0.15, -0.1) is 5.10 Å². The first-order valence-electron chi connectivity index (χ1n) is 9.97. The van der Waals surface area contributed by atoms with Crippen molar-refractivity contribution in [3.05, 3.63) is 53.5 Å². The van der Waals surface area contributed by atoms with Gasteiger partial charge >= 0.3 is 0 Å². The molecule has 4 rings (SSSR count). The highest BCUT2D eigenvalue weighted by Gasteiger charge is 2.20. The average molecular weight is 488 g/mol. The Bertz CT molecular complexity index is 1500. The van der Waals surface area contributed by atoms with Crippen molar-refractivity contribution < 1.29 is 17.6 Å². The number of amides is 1. The van der Waals surface area contributed by atoms with Crippen LogP contribution in [0.15, 0.2) is 46.5 Å². The maximum absolute atomic E-state index is 13.7. The molecule has 0 fully saturated rings. The normalized spacial score (nSPS) is 12.1. The van der Waals surface area contributed by atoms with Crippen molar-refractivity contribution in [2.45, 2.75) is 23.8 Å². The molecule has 172 valence electrons. The number of aromatic nitrogens is 3. The molecule has 0 radical (unpaired) electrons. The number of sulfonamides is 1. The molecule has 11 heteroatoms. The molecule has 0 aliphatic heterocycles. The van der Waals surface area contributed by atoms with E-state index >= 15 is 0 Å². The SMILES string of the molecule is Cc1cc(S(=O)(=O)N(C)C)cc(NC(=O)CSc2nncc3c2[nH]c2ccc(F)cc23)c1C. The summed E-state index contributed by atoms with van der Waals surface area (Å²) in [5.41, 5.74) is 3.39. The Kier molecular flexibility index (Phi) is 6.12. The highest BCUT2D eigenvalue weighted by molar-refractivity contribution is 8.00. The lowest BCUT2D eigenvalue weighted by Crippen LogP contribution is -2.23. The van der Waals surface area contributed by atoms with Crippen LogP contribution in [0.1, 0.15) is 11.1 Å². The largest absolute Gasteiger partial charge is 0.352 e. The number of thioether (sulfide) groups is 1. The summed E-state index contributed by atoms with van der Waals surface area (Å²) in [6.45, 7) is 3.61. The van der Waals surface area contributed by atoms with E-state index in [1.54, 1.807) is 25.3 Å². The quantitative estimate of drug-likeness (QED) is 0.400. The van der Waals surface area contributed by atoms with Gasteiger partial charge in [-0.3, -0.25) is 4.79 Å². The van der Waals surface area contributed by atoms with Crippen molar-refractivity contribution in [3.8, 4) is 0 Å². The van der Waals surface area contributed by atoms with Gasteiger partial charge in [0.1, 0.15) is 10.8 Å². The number of hydrogen-bond donors (Lipinski definition) is 2. The number of aryl methyl sites for hydroxylation is 1.